The first-order chi connectivity index (χ1) is 11.8. The maximum absolute atomic E-state index is 4.51. The zero-order chi connectivity index (χ0) is 16.4. The van der Waals surface area contributed by atoms with Crippen LogP contribution < -0.4 is 0 Å². The second kappa shape index (κ2) is 6.73. The molecule has 0 aromatic carbocycles. The van der Waals surface area contributed by atoms with Crippen LogP contribution in [-0.2, 0) is 6.54 Å². The fraction of sp³-hybridized carbons (Fsp3) is 0.400. The third kappa shape index (κ3) is 2.94. The first-order valence-electron chi connectivity index (χ1n) is 8.89. The first-order valence-corrected chi connectivity index (χ1v) is 8.89. The minimum Gasteiger partial charge on any atom is -0.339 e. The molecule has 1 aliphatic rings. The lowest BCUT2D eigenvalue weighted by molar-refractivity contribution is 0.185. The summed E-state index contributed by atoms with van der Waals surface area (Å²) in [4.78, 5) is 14.8. The summed E-state index contributed by atoms with van der Waals surface area (Å²) in [6.07, 6.45) is 12.3. The maximum atomic E-state index is 4.51. The van der Waals surface area contributed by atoms with Crippen LogP contribution in [0.5, 0.6) is 0 Å². The van der Waals surface area contributed by atoms with E-state index in [1.165, 1.54) is 43.1 Å². The lowest BCUT2D eigenvalue weighted by Gasteiger charge is -2.31. The van der Waals surface area contributed by atoms with Gasteiger partial charge in [-0.1, -0.05) is 19.3 Å². The molecule has 0 aliphatic heterocycles. The highest BCUT2D eigenvalue weighted by atomic mass is 15.1. The van der Waals surface area contributed by atoms with Crippen molar-refractivity contribution >= 4 is 11.0 Å². The van der Waals surface area contributed by atoms with Crippen molar-refractivity contribution in [1.82, 2.24) is 19.9 Å². The van der Waals surface area contributed by atoms with Crippen LogP contribution in [0.4, 0.5) is 0 Å². The Morgan fingerprint density at radius 1 is 1.12 bits per heavy atom. The summed E-state index contributed by atoms with van der Waals surface area (Å²) in [6.45, 7) is 0.945. The largest absolute Gasteiger partial charge is 0.339 e. The van der Waals surface area contributed by atoms with Gasteiger partial charge in [0.2, 0.25) is 0 Å². The molecule has 1 aliphatic carbocycles. The van der Waals surface area contributed by atoms with Gasteiger partial charge in [0.25, 0.3) is 0 Å². The molecule has 0 amide bonds. The Balaban J connectivity index is 1.72. The van der Waals surface area contributed by atoms with Crippen molar-refractivity contribution in [1.29, 1.82) is 0 Å². The van der Waals surface area contributed by atoms with Gasteiger partial charge < -0.3 is 4.98 Å². The van der Waals surface area contributed by atoms with Gasteiger partial charge in [0.05, 0.1) is 5.69 Å². The van der Waals surface area contributed by atoms with Gasteiger partial charge in [0, 0.05) is 47.7 Å². The van der Waals surface area contributed by atoms with E-state index in [1.54, 1.807) is 0 Å². The van der Waals surface area contributed by atoms with Crippen LogP contribution in [0.25, 0.3) is 22.3 Å². The third-order valence-electron chi connectivity index (χ3n) is 5.23. The van der Waals surface area contributed by atoms with Crippen molar-refractivity contribution in [3.8, 4) is 11.3 Å². The van der Waals surface area contributed by atoms with Crippen molar-refractivity contribution in [3.05, 3.63) is 48.4 Å². The molecule has 3 aromatic heterocycles. The zero-order valence-corrected chi connectivity index (χ0v) is 14.2. The van der Waals surface area contributed by atoms with Gasteiger partial charge in [-0.05, 0) is 44.2 Å². The standard InChI is InChI=1S/C20H24N4/c1-24(16-8-3-2-4-9-16)14-18-17-10-6-12-22-20(17)23-19(18)15-7-5-11-21-13-15/h5-7,10-13,16H,2-4,8-9,14H2,1H3,(H,22,23). The van der Waals surface area contributed by atoms with Gasteiger partial charge in [-0.2, -0.15) is 0 Å². The summed E-state index contributed by atoms with van der Waals surface area (Å²) < 4.78 is 0. The number of rotatable bonds is 4. The number of hydrogen-bond donors (Lipinski definition) is 1. The molecule has 1 N–H and O–H groups in total. The van der Waals surface area contributed by atoms with Gasteiger partial charge in [0.15, 0.2) is 0 Å². The lowest BCUT2D eigenvalue weighted by atomic mass is 9.94. The molecule has 0 radical (unpaired) electrons. The number of hydrogen-bond acceptors (Lipinski definition) is 3. The minimum absolute atomic E-state index is 0.696. The molecule has 3 aromatic rings. The summed E-state index contributed by atoms with van der Waals surface area (Å²) in [7, 11) is 2.26. The van der Waals surface area contributed by atoms with Crippen LogP contribution in [0.2, 0.25) is 0 Å². The van der Waals surface area contributed by atoms with Crippen LogP contribution in [-0.4, -0.2) is 32.9 Å². The third-order valence-corrected chi connectivity index (χ3v) is 5.23. The molecular formula is C20H24N4. The molecule has 124 valence electrons. The van der Waals surface area contributed by atoms with Crippen LogP contribution in [0.15, 0.2) is 42.9 Å². The molecule has 0 spiro atoms. The highest BCUT2D eigenvalue weighted by Crippen LogP contribution is 2.31. The van der Waals surface area contributed by atoms with Crippen molar-refractivity contribution < 1.29 is 0 Å². The van der Waals surface area contributed by atoms with E-state index in [9.17, 15) is 0 Å². The number of nitrogens with one attached hydrogen (secondary N) is 1. The fourth-order valence-electron chi connectivity index (χ4n) is 3.90. The molecule has 24 heavy (non-hydrogen) atoms. The number of aromatic amines is 1. The van der Waals surface area contributed by atoms with Gasteiger partial charge in [-0.3, -0.25) is 9.88 Å². The van der Waals surface area contributed by atoms with E-state index in [2.05, 4.69) is 39.0 Å². The SMILES string of the molecule is CN(Cc1c(-c2cccnc2)[nH]c2ncccc12)C1CCCCC1. The maximum Gasteiger partial charge on any atom is 0.138 e. The minimum atomic E-state index is 0.696. The van der Waals surface area contributed by atoms with E-state index in [0.717, 1.165) is 23.4 Å². The second-order valence-electron chi connectivity index (χ2n) is 6.83. The summed E-state index contributed by atoms with van der Waals surface area (Å²) in [5, 5.41) is 1.22. The molecule has 0 unspecified atom stereocenters. The normalized spacial score (nSPS) is 16.1. The number of aromatic nitrogens is 3. The topological polar surface area (TPSA) is 44.8 Å². The van der Waals surface area contributed by atoms with Gasteiger partial charge in [-0.25, -0.2) is 4.98 Å². The monoisotopic (exact) mass is 320 g/mol. The van der Waals surface area contributed by atoms with E-state index in [-0.39, 0.29) is 0 Å². The van der Waals surface area contributed by atoms with Gasteiger partial charge >= 0.3 is 0 Å². The average Bonchev–Trinajstić information content (AvgIpc) is 3.02. The van der Waals surface area contributed by atoms with E-state index in [0.29, 0.717) is 6.04 Å². The number of pyridine rings is 2. The summed E-state index contributed by atoms with van der Waals surface area (Å²) in [5.41, 5.74) is 4.57. The summed E-state index contributed by atoms with van der Waals surface area (Å²) in [6, 6.07) is 8.99. The van der Waals surface area contributed by atoms with Crippen molar-refractivity contribution in [2.45, 2.75) is 44.7 Å². The number of H-pyrrole nitrogens is 1. The van der Waals surface area contributed by atoms with Crippen molar-refractivity contribution in [2.75, 3.05) is 7.05 Å². The molecule has 1 fully saturated rings. The Kier molecular flexibility index (Phi) is 4.30. The average molecular weight is 320 g/mol. The molecule has 3 heterocycles. The van der Waals surface area contributed by atoms with E-state index < -0.39 is 0 Å². The molecule has 0 saturated heterocycles. The summed E-state index contributed by atoms with van der Waals surface area (Å²) >= 11 is 0. The zero-order valence-electron chi connectivity index (χ0n) is 14.2. The molecule has 4 heteroatoms. The Labute approximate surface area is 142 Å². The molecule has 4 rings (SSSR count). The smallest absolute Gasteiger partial charge is 0.138 e. The number of nitrogens with zero attached hydrogens (tertiary/aromatic N) is 3. The quantitative estimate of drug-likeness (QED) is 0.775. The lowest BCUT2D eigenvalue weighted by Crippen LogP contribution is -2.32. The van der Waals surface area contributed by atoms with Crippen LogP contribution in [0.3, 0.4) is 0 Å². The fourth-order valence-corrected chi connectivity index (χ4v) is 3.90. The first kappa shape index (κ1) is 15.3. The van der Waals surface area contributed by atoms with E-state index in [4.69, 9.17) is 0 Å². The van der Waals surface area contributed by atoms with Crippen molar-refractivity contribution in [3.63, 3.8) is 0 Å². The van der Waals surface area contributed by atoms with Gasteiger partial charge in [0.1, 0.15) is 5.65 Å². The molecule has 1 saturated carbocycles. The molecule has 4 nitrogen and oxygen atoms in total. The highest BCUT2D eigenvalue weighted by Gasteiger charge is 2.21. The predicted octanol–water partition coefficient (Wildman–Crippen LogP) is 4.39. The number of fused-ring (bicyclic) bond motifs is 1. The highest BCUT2D eigenvalue weighted by molar-refractivity contribution is 5.88. The molecule has 0 bridgehead atoms. The second-order valence-corrected chi connectivity index (χ2v) is 6.83. The molecule has 0 atom stereocenters. The Bertz CT molecular complexity index is 803. The Morgan fingerprint density at radius 3 is 2.75 bits per heavy atom. The summed E-state index contributed by atoms with van der Waals surface area (Å²) in [5.74, 6) is 0. The van der Waals surface area contributed by atoms with Crippen molar-refractivity contribution in [2.24, 2.45) is 0 Å². The molecular weight excluding hydrogens is 296 g/mol. The van der Waals surface area contributed by atoms with Gasteiger partial charge in [-0.15, -0.1) is 0 Å². The van der Waals surface area contributed by atoms with Crippen LogP contribution in [0, 0.1) is 0 Å². The van der Waals surface area contributed by atoms with E-state index >= 15 is 0 Å². The Hall–Kier alpha value is -2.20. The van der Waals surface area contributed by atoms with E-state index in [1.807, 2.05) is 30.7 Å². The Morgan fingerprint density at radius 2 is 1.96 bits per heavy atom. The van der Waals surface area contributed by atoms with Crippen LogP contribution >= 0.6 is 0 Å². The van der Waals surface area contributed by atoms with Crippen LogP contribution in [0.1, 0.15) is 37.7 Å². The predicted molar refractivity (Wildman–Crippen MR) is 97.7 cm³/mol.